The van der Waals surface area contributed by atoms with Gasteiger partial charge in [-0.2, -0.15) is 0 Å². The van der Waals surface area contributed by atoms with Gasteiger partial charge in [-0.1, -0.05) is 0 Å². The maximum absolute atomic E-state index is 11.1. The van der Waals surface area contributed by atoms with Crippen LogP contribution in [0, 0.1) is 0 Å². The molecular weight excluding hydrogens is 222 g/mol. The van der Waals surface area contributed by atoms with E-state index in [1.807, 2.05) is 0 Å². The van der Waals surface area contributed by atoms with Gasteiger partial charge in [0.1, 0.15) is 17.7 Å². The molecule has 0 fully saturated rings. The molecule has 0 unspecified atom stereocenters. The lowest BCUT2D eigenvalue weighted by Crippen LogP contribution is -1.96. The number of carboxylic acid groups (broad SMARTS) is 1. The van der Waals surface area contributed by atoms with Gasteiger partial charge >= 0.3 is 5.97 Å². The number of hydrogen-bond donors (Lipinski definition) is 2. The van der Waals surface area contributed by atoms with Crippen LogP contribution in [-0.4, -0.2) is 26.0 Å². The summed E-state index contributed by atoms with van der Waals surface area (Å²) in [6.45, 7) is 0. The number of nitrogens with zero attached hydrogens (tertiary/aromatic N) is 2. The lowest BCUT2D eigenvalue weighted by atomic mass is 10.1. The van der Waals surface area contributed by atoms with Crippen molar-refractivity contribution in [2.24, 2.45) is 0 Å². The molecular formula is C11H7N3O3. The molecule has 0 aromatic carbocycles. The summed E-state index contributed by atoms with van der Waals surface area (Å²) in [5, 5.41) is 9.54. The molecule has 3 aromatic heterocycles. The minimum Gasteiger partial charge on any atom is -0.478 e. The maximum atomic E-state index is 11.1. The van der Waals surface area contributed by atoms with Crippen molar-refractivity contribution in [3.05, 3.63) is 36.5 Å². The van der Waals surface area contributed by atoms with Crippen LogP contribution in [0.5, 0.6) is 0 Å². The van der Waals surface area contributed by atoms with E-state index >= 15 is 0 Å². The molecule has 6 heteroatoms. The van der Waals surface area contributed by atoms with Gasteiger partial charge in [0.2, 0.25) is 0 Å². The van der Waals surface area contributed by atoms with Gasteiger partial charge < -0.3 is 14.5 Å². The largest absolute Gasteiger partial charge is 0.478 e. The first-order valence-electron chi connectivity index (χ1n) is 4.86. The van der Waals surface area contributed by atoms with E-state index in [1.165, 1.54) is 18.8 Å². The normalized spacial score (nSPS) is 10.8. The third-order valence-corrected chi connectivity index (χ3v) is 2.45. The van der Waals surface area contributed by atoms with Crippen LogP contribution < -0.4 is 0 Å². The van der Waals surface area contributed by atoms with Gasteiger partial charge in [-0.05, 0) is 12.1 Å². The minimum atomic E-state index is -1.03. The number of rotatable bonds is 2. The second kappa shape index (κ2) is 3.44. The Morgan fingerprint density at radius 1 is 1.41 bits per heavy atom. The van der Waals surface area contributed by atoms with Crippen molar-refractivity contribution in [1.29, 1.82) is 0 Å². The standard InChI is InChI=1S/C11H7N3O3/c15-11(16)6-4-12-10-8(6)9(13-5-14-10)7-2-1-3-17-7/h1-5H,(H,15,16)(H,12,13,14). The third kappa shape index (κ3) is 1.38. The van der Waals surface area contributed by atoms with Gasteiger partial charge in [0.05, 0.1) is 17.2 Å². The molecule has 0 spiro atoms. The molecule has 0 aliphatic heterocycles. The molecule has 3 rings (SSSR count). The summed E-state index contributed by atoms with van der Waals surface area (Å²) in [5.41, 5.74) is 1.08. The van der Waals surface area contributed by atoms with E-state index in [-0.39, 0.29) is 5.56 Å². The van der Waals surface area contributed by atoms with Crippen molar-refractivity contribution in [3.63, 3.8) is 0 Å². The molecule has 6 nitrogen and oxygen atoms in total. The number of aromatic carboxylic acids is 1. The number of hydrogen-bond acceptors (Lipinski definition) is 4. The van der Waals surface area contributed by atoms with Crippen molar-refractivity contribution >= 4 is 17.0 Å². The van der Waals surface area contributed by atoms with E-state index < -0.39 is 5.97 Å². The van der Waals surface area contributed by atoms with Crippen LogP contribution in [0.2, 0.25) is 0 Å². The number of aromatic amines is 1. The second-order valence-electron chi connectivity index (χ2n) is 3.43. The average molecular weight is 229 g/mol. The van der Waals surface area contributed by atoms with Crippen molar-refractivity contribution in [1.82, 2.24) is 15.0 Å². The van der Waals surface area contributed by atoms with Gasteiger partial charge in [0.15, 0.2) is 5.76 Å². The maximum Gasteiger partial charge on any atom is 0.338 e. The molecule has 0 saturated carbocycles. The fraction of sp³-hybridized carbons (Fsp3) is 0. The fourth-order valence-electron chi connectivity index (χ4n) is 1.73. The van der Waals surface area contributed by atoms with Crippen LogP contribution in [0.25, 0.3) is 22.5 Å². The van der Waals surface area contributed by atoms with Crippen LogP contribution in [0.15, 0.2) is 35.3 Å². The van der Waals surface area contributed by atoms with E-state index in [1.54, 1.807) is 12.1 Å². The average Bonchev–Trinajstić information content (AvgIpc) is 2.97. The van der Waals surface area contributed by atoms with Crippen molar-refractivity contribution in [2.75, 3.05) is 0 Å². The van der Waals surface area contributed by atoms with Gasteiger partial charge in [0, 0.05) is 6.20 Å². The highest BCUT2D eigenvalue weighted by molar-refractivity contribution is 6.06. The Morgan fingerprint density at radius 3 is 3.00 bits per heavy atom. The first kappa shape index (κ1) is 9.59. The van der Waals surface area contributed by atoms with Crippen LogP contribution >= 0.6 is 0 Å². The lowest BCUT2D eigenvalue weighted by molar-refractivity contribution is 0.0699. The zero-order valence-corrected chi connectivity index (χ0v) is 8.54. The Morgan fingerprint density at radius 2 is 2.29 bits per heavy atom. The van der Waals surface area contributed by atoms with Gasteiger partial charge in [-0.15, -0.1) is 0 Å². The zero-order chi connectivity index (χ0) is 11.8. The molecule has 0 saturated heterocycles. The van der Waals surface area contributed by atoms with E-state index in [0.29, 0.717) is 22.5 Å². The summed E-state index contributed by atoms with van der Waals surface area (Å²) in [6, 6.07) is 3.44. The number of nitrogens with one attached hydrogen (secondary N) is 1. The summed E-state index contributed by atoms with van der Waals surface area (Å²) in [7, 11) is 0. The second-order valence-corrected chi connectivity index (χ2v) is 3.43. The molecule has 0 bridgehead atoms. The van der Waals surface area contributed by atoms with Crippen LogP contribution in [-0.2, 0) is 0 Å². The highest BCUT2D eigenvalue weighted by Gasteiger charge is 2.18. The monoisotopic (exact) mass is 229 g/mol. The summed E-state index contributed by atoms with van der Waals surface area (Å²) in [6.07, 6.45) is 4.27. The summed E-state index contributed by atoms with van der Waals surface area (Å²) in [5.74, 6) is -0.515. The van der Waals surface area contributed by atoms with Gasteiger partial charge in [-0.3, -0.25) is 0 Å². The van der Waals surface area contributed by atoms with E-state index in [2.05, 4.69) is 15.0 Å². The van der Waals surface area contributed by atoms with Gasteiger partial charge in [0.25, 0.3) is 0 Å². The molecule has 0 amide bonds. The molecule has 84 valence electrons. The first-order valence-corrected chi connectivity index (χ1v) is 4.86. The molecule has 0 aliphatic carbocycles. The van der Waals surface area contributed by atoms with Crippen LogP contribution in [0.1, 0.15) is 10.4 Å². The minimum absolute atomic E-state index is 0.131. The molecule has 0 radical (unpaired) electrons. The number of H-pyrrole nitrogens is 1. The topological polar surface area (TPSA) is 92.0 Å². The van der Waals surface area contributed by atoms with E-state index in [4.69, 9.17) is 9.52 Å². The molecule has 17 heavy (non-hydrogen) atoms. The SMILES string of the molecule is O=C(O)c1c[nH]c2ncnc(-c3ccco3)c12. The molecule has 3 heterocycles. The molecule has 0 atom stereocenters. The highest BCUT2D eigenvalue weighted by Crippen LogP contribution is 2.28. The molecule has 0 aliphatic rings. The summed E-state index contributed by atoms with van der Waals surface area (Å²) < 4.78 is 5.23. The number of fused-ring (bicyclic) bond motifs is 1. The van der Waals surface area contributed by atoms with Crippen molar-refractivity contribution in [3.8, 4) is 11.5 Å². The third-order valence-electron chi connectivity index (χ3n) is 2.45. The summed E-state index contributed by atoms with van der Waals surface area (Å²) >= 11 is 0. The molecule has 2 N–H and O–H groups in total. The Balaban J connectivity index is 2.38. The quantitative estimate of drug-likeness (QED) is 0.700. The number of furan rings is 1. The zero-order valence-electron chi connectivity index (χ0n) is 8.54. The number of carbonyl (C=O) groups is 1. The first-order chi connectivity index (χ1) is 8.27. The van der Waals surface area contributed by atoms with Crippen LogP contribution in [0.3, 0.4) is 0 Å². The number of aromatic nitrogens is 3. The lowest BCUT2D eigenvalue weighted by Gasteiger charge is -1.99. The van der Waals surface area contributed by atoms with Crippen LogP contribution in [0.4, 0.5) is 0 Å². The summed E-state index contributed by atoms with van der Waals surface area (Å²) in [4.78, 5) is 21.9. The van der Waals surface area contributed by atoms with E-state index in [0.717, 1.165) is 0 Å². The fourth-order valence-corrected chi connectivity index (χ4v) is 1.73. The predicted octanol–water partition coefficient (Wildman–Crippen LogP) is 1.92. The Hall–Kier alpha value is -2.63. The molecule has 3 aromatic rings. The number of carboxylic acids is 1. The van der Waals surface area contributed by atoms with Crippen molar-refractivity contribution in [2.45, 2.75) is 0 Å². The highest BCUT2D eigenvalue weighted by atomic mass is 16.4. The Labute approximate surface area is 94.9 Å². The van der Waals surface area contributed by atoms with Gasteiger partial charge in [-0.25, -0.2) is 14.8 Å². The predicted molar refractivity (Wildman–Crippen MR) is 58.6 cm³/mol. The van der Waals surface area contributed by atoms with E-state index in [9.17, 15) is 4.79 Å². The smallest absolute Gasteiger partial charge is 0.338 e. The Bertz CT molecular complexity index is 685. The Kier molecular flexibility index (Phi) is 1.94. The van der Waals surface area contributed by atoms with Crippen molar-refractivity contribution < 1.29 is 14.3 Å².